The number of phenolic OH excluding ortho intramolecular Hbond substituents is 2. The van der Waals surface area contributed by atoms with Crippen LogP contribution in [0, 0.1) is 6.92 Å². The number of halogens is 2. The Balaban J connectivity index is 0.680. The number of aliphatic hydroxyl groups excluding tert-OH is 9. The van der Waals surface area contributed by atoms with E-state index in [2.05, 4.69) is 0 Å². The highest BCUT2D eigenvalue weighted by molar-refractivity contribution is 6.39. The topological polar surface area (TPSA) is 426 Å². The fraction of sp³-hybridized carbons (Fsp3) is 0.868. The summed E-state index contributed by atoms with van der Waals surface area (Å²) >= 11 is 12.1. The molecule has 86 heavy (non-hydrogen) atoms. The monoisotopic (exact) mass is 1280 g/mol. The van der Waals surface area contributed by atoms with Crippen molar-refractivity contribution >= 4 is 29.2 Å². The highest BCUT2D eigenvalue weighted by Gasteiger charge is 2.72. The van der Waals surface area contributed by atoms with Gasteiger partial charge < -0.3 is 147 Å². The van der Waals surface area contributed by atoms with Crippen molar-refractivity contribution in [1.29, 1.82) is 0 Å². The van der Waals surface area contributed by atoms with Crippen molar-refractivity contribution in [2.75, 3.05) is 20.0 Å². The molecule has 10 saturated heterocycles. The average Bonchev–Trinajstić information content (AvgIpc) is 1.55. The third-order valence-corrected chi connectivity index (χ3v) is 18.8. The number of carbonyl (C=O) groups excluding carboxylic acids is 1. The maximum absolute atomic E-state index is 13.2. The first-order valence-electron chi connectivity index (χ1n) is 28.5. The van der Waals surface area contributed by atoms with Gasteiger partial charge >= 0.3 is 11.9 Å². The normalized spacial score (nSPS) is 51.5. The number of hydrogen-bond donors (Lipinski definition) is 12. The largest absolute Gasteiger partial charge is 0.505 e. The third kappa shape index (κ3) is 11.3. The standard InChI is InChI=1S/C53H76Cl2O31/c1-15-28(32(61)30(55)33(62)29(15)54)46(67)78-38-17(3)72-26(9-22(38)58)76-39-18(4)81-51(10-23(39)59)85-43-19(5)73-27(11-50(43,8)86-51)77-42-31(60)16(2)74-49(37(42)66)79-40-24(12-56)75-48(35(64)34(40)63)80-47-36(65)41-25(13-69-47)83-53(84-41)45-44(70-14-71-45)52(68,20(6)57)21(7)82-53/h16-27,31,34-45,47-49,56-66,68H,9-14H2,1-8H3/t16-,17-,18-,19-,20?,21-,22-,23-,24-,25+,26+,27+,31+,34-,35+,36-,37-,38-,39-,40-,41-,42+,43-,44-,45-,47-,48+,49+,50-,51?,52+,53-/m1/s1. The average molecular weight is 1280 g/mol. The summed E-state index contributed by atoms with van der Waals surface area (Å²) in [4.78, 5) is 13.2. The molecule has 1 aromatic rings. The lowest BCUT2D eigenvalue weighted by Gasteiger charge is -2.51. The van der Waals surface area contributed by atoms with Gasteiger partial charge in [-0.2, -0.15) is 0 Å². The molecule has 31 nitrogen and oxygen atoms in total. The van der Waals surface area contributed by atoms with Gasteiger partial charge in [0.25, 0.3) is 5.97 Å². The predicted molar refractivity (Wildman–Crippen MR) is 276 cm³/mol. The predicted octanol–water partition coefficient (Wildman–Crippen LogP) is -2.63. The Morgan fingerprint density at radius 2 is 1.34 bits per heavy atom. The summed E-state index contributed by atoms with van der Waals surface area (Å²) in [7, 11) is 0. The molecule has 0 radical (unpaired) electrons. The van der Waals surface area contributed by atoms with Gasteiger partial charge in [0, 0.05) is 12.8 Å². The molecular weight excluding hydrogens is 1200 g/mol. The van der Waals surface area contributed by atoms with E-state index in [4.69, 9.17) is 108 Å². The lowest BCUT2D eigenvalue weighted by molar-refractivity contribution is -0.439. The number of aliphatic hydroxyl groups is 10. The zero-order valence-electron chi connectivity index (χ0n) is 47.8. The van der Waals surface area contributed by atoms with Crippen LogP contribution in [0.5, 0.6) is 11.5 Å². The minimum Gasteiger partial charge on any atom is -0.505 e. The van der Waals surface area contributed by atoms with E-state index in [1.54, 1.807) is 20.8 Å². The van der Waals surface area contributed by atoms with Crippen LogP contribution in [0.3, 0.4) is 0 Å². The van der Waals surface area contributed by atoms with E-state index in [0.29, 0.717) is 0 Å². The van der Waals surface area contributed by atoms with E-state index in [9.17, 15) is 66.1 Å². The molecule has 0 aliphatic carbocycles. The Bertz CT molecular complexity index is 2560. The highest BCUT2D eigenvalue weighted by Crippen LogP contribution is 2.53. The van der Waals surface area contributed by atoms with Crippen LogP contribution in [-0.2, 0) is 85.3 Å². The summed E-state index contributed by atoms with van der Waals surface area (Å²) < 4.78 is 109. The SMILES string of the molecule is Cc1c(Cl)c(O)c(Cl)c(O)c1C(=O)O[C@H]1[C@H](O)C[C@H](O[C@H]2[C@H](O)CC3(O[C@@H]4[C@@H](C)O[C@@H](O[C@H]5[C@@H](O)[C@@H](C)O[C@@H](O[C@H]6[C@H](O)[C@H](O)[C@H](O[C@H]7OC[C@@H]8O[C@]9(O[C@H]8[C@H]7O)O[C@H](C)[C@@](O)(C(C)O)[C@@H]7OCO[C@H]79)O[C@@H]6CO)[C@@H]5O)C[C@@]4(C)O3)O[C@@H]2C)O[C@@H]1C. The van der Waals surface area contributed by atoms with E-state index >= 15 is 0 Å². The van der Waals surface area contributed by atoms with Crippen LogP contribution in [0.25, 0.3) is 0 Å². The smallest absolute Gasteiger partial charge is 0.342 e. The van der Waals surface area contributed by atoms with Gasteiger partial charge in [-0.1, -0.05) is 23.2 Å². The highest BCUT2D eigenvalue weighted by atomic mass is 35.5. The summed E-state index contributed by atoms with van der Waals surface area (Å²) in [6.07, 6.45) is -38.2. The molecule has 0 aromatic heterocycles. The minimum atomic E-state index is -2.02. The third-order valence-electron chi connectivity index (χ3n) is 18.0. The Labute approximate surface area is 501 Å². The van der Waals surface area contributed by atoms with E-state index in [1.807, 2.05) is 0 Å². The quantitative estimate of drug-likeness (QED) is 0.0953. The van der Waals surface area contributed by atoms with Gasteiger partial charge in [0.15, 0.2) is 55.2 Å². The van der Waals surface area contributed by atoms with E-state index in [1.165, 1.54) is 34.6 Å². The van der Waals surface area contributed by atoms with Gasteiger partial charge in [-0.25, -0.2) is 4.79 Å². The molecule has 0 saturated carbocycles. The maximum Gasteiger partial charge on any atom is 0.342 e. The molecule has 2 unspecified atom stereocenters. The van der Waals surface area contributed by atoms with Crippen LogP contribution < -0.4 is 0 Å². The number of ether oxygens (including phenoxy) is 18. The van der Waals surface area contributed by atoms with Gasteiger partial charge in [-0.3, -0.25) is 0 Å². The van der Waals surface area contributed by atoms with Crippen molar-refractivity contribution in [3.05, 3.63) is 21.2 Å². The van der Waals surface area contributed by atoms with Crippen LogP contribution in [0.2, 0.25) is 10.0 Å². The van der Waals surface area contributed by atoms with Crippen LogP contribution in [0.1, 0.15) is 83.7 Å². The zero-order chi connectivity index (χ0) is 62.2. The number of rotatable bonds is 12. The number of aromatic hydroxyl groups is 2. The molecule has 488 valence electrons. The fourth-order valence-corrected chi connectivity index (χ4v) is 13.8. The van der Waals surface area contributed by atoms with Crippen LogP contribution in [0.4, 0.5) is 0 Å². The molecule has 1 aromatic carbocycles. The van der Waals surface area contributed by atoms with Crippen LogP contribution in [-0.4, -0.2) is 282 Å². The summed E-state index contributed by atoms with van der Waals surface area (Å²) in [5, 5.41) is 133. The number of esters is 1. The second kappa shape index (κ2) is 24.4. The van der Waals surface area contributed by atoms with Crippen molar-refractivity contribution in [3.8, 4) is 11.5 Å². The zero-order valence-corrected chi connectivity index (χ0v) is 49.3. The summed E-state index contributed by atoms with van der Waals surface area (Å²) in [6, 6.07) is 0. The Morgan fingerprint density at radius 3 is 2.02 bits per heavy atom. The first-order chi connectivity index (χ1) is 40.4. The first-order valence-corrected chi connectivity index (χ1v) is 29.3. The van der Waals surface area contributed by atoms with Gasteiger partial charge in [0.05, 0.1) is 73.5 Å². The molecule has 0 bridgehead atoms. The second-order valence-electron chi connectivity index (χ2n) is 24.0. The molecule has 33 heteroatoms. The van der Waals surface area contributed by atoms with Gasteiger partial charge in [0.2, 0.25) is 0 Å². The lowest BCUT2D eigenvalue weighted by atomic mass is 9.80. The number of fused-ring (bicyclic) bond motifs is 4. The van der Waals surface area contributed by atoms with Gasteiger partial charge in [-0.05, 0) is 61.0 Å². The molecule has 2 spiro atoms. The molecule has 12 N–H and O–H groups in total. The van der Waals surface area contributed by atoms with Crippen LogP contribution in [0.15, 0.2) is 0 Å². The van der Waals surface area contributed by atoms with Crippen molar-refractivity contribution in [2.24, 2.45) is 0 Å². The minimum absolute atomic E-state index is 0.0145. The van der Waals surface area contributed by atoms with E-state index < -0.39 is 230 Å². The molecule has 10 fully saturated rings. The van der Waals surface area contributed by atoms with Crippen molar-refractivity contribution in [3.63, 3.8) is 0 Å². The van der Waals surface area contributed by atoms with Crippen molar-refractivity contribution in [1.82, 2.24) is 0 Å². The van der Waals surface area contributed by atoms with Gasteiger partial charge in [-0.15, -0.1) is 0 Å². The molecule has 10 heterocycles. The van der Waals surface area contributed by atoms with E-state index in [-0.39, 0.29) is 43.2 Å². The second-order valence-corrected chi connectivity index (χ2v) is 24.7. The molecule has 10 aliphatic heterocycles. The first kappa shape index (κ1) is 65.3. The molecule has 11 rings (SSSR count). The summed E-state index contributed by atoms with van der Waals surface area (Å²) in [5.41, 5.74) is -3.61. The lowest BCUT2D eigenvalue weighted by Crippen LogP contribution is -2.72. The molecule has 10 aliphatic rings. The molecule has 32 atom stereocenters. The molecule has 0 amide bonds. The van der Waals surface area contributed by atoms with Crippen LogP contribution >= 0.6 is 23.2 Å². The van der Waals surface area contributed by atoms with E-state index in [0.717, 1.165) is 0 Å². The fourth-order valence-electron chi connectivity index (χ4n) is 13.4. The number of carbonyl (C=O) groups is 1. The number of hydrogen-bond acceptors (Lipinski definition) is 31. The Morgan fingerprint density at radius 1 is 0.651 bits per heavy atom. The van der Waals surface area contributed by atoms with Crippen molar-refractivity contribution in [2.45, 2.75) is 270 Å². The number of phenols is 2. The molecular formula is C53H76Cl2O31. The maximum atomic E-state index is 13.2. The summed E-state index contributed by atoms with van der Waals surface area (Å²) in [6.45, 7) is 10.8. The van der Waals surface area contributed by atoms with Crippen molar-refractivity contribution < 1.29 is 151 Å². The number of benzene rings is 1. The van der Waals surface area contributed by atoms with Gasteiger partial charge in [0.1, 0.15) is 108 Å². The Kier molecular flexibility index (Phi) is 18.5. The Hall–Kier alpha value is -2.21. The summed E-state index contributed by atoms with van der Waals surface area (Å²) in [5.74, 6) is -6.35.